The van der Waals surface area contributed by atoms with Crippen molar-refractivity contribution in [2.45, 2.75) is 0 Å². The number of hydrogen-bond acceptors (Lipinski definition) is 0. The van der Waals surface area contributed by atoms with Crippen molar-refractivity contribution in [1.82, 2.24) is 0 Å². The fraction of sp³-hybridized carbons (Fsp3) is 0. The molecule has 0 aliphatic rings. The Morgan fingerprint density at radius 2 is 0.750 bits per heavy atom. The van der Waals surface area contributed by atoms with Crippen LogP contribution < -0.4 is 0 Å². The molecule has 0 aliphatic carbocycles. The zero-order valence-electron chi connectivity index (χ0n) is 6.85. The molecule has 0 rings (SSSR count). The topological polar surface area (TPSA) is 0 Å². The van der Waals surface area contributed by atoms with Crippen LogP contribution in [0.3, 0.4) is 0 Å². The summed E-state index contributed by atoms with van der Waals surface area (Å²) in [6.45, 7) is 0. The van der Waals surface area contributed by atoms with Gasteiger partial charge in [-0.15, -0.1) is 0 Å². The van der Waals surface area contributed by atoms with Gasteiger partial charge in [-0.05, 0) is 0 Å². The van der Waals surface area contributed by atoms with Crippen molar-refractivity contribution in [1.29, 1.82) is 0 Å². The van der Waals surface area contributed by atoms with Crippen LogP contribution in [0.2, 0.25) is 0 Å². The molecule has 0 nitrogen and oxygen atoms in total. The third-order valence-corrected chi connectivity index (χ3v) is 9.70. The molecule has 0 unspecified atom stereocenters. The monoisotopic (exact) mass is 412 g/mol. The fourth-order valence-electron chi connectivity index (χ4n) is 0.512. The van der Waals surface area contributed by atoms with Gasteiger partial charge >= 0.3 is 109 Å². The normalized spacial score (nSPS) is 10.1. The van der Waals surface area contributed by atoms with Gasteiger partial charge in [0.2, 0.25) is 0 Å². The van der Waals surface area contributed by atoms with E-state index in [4.69, 9.17) is 34.8 Å². The van der Waals surface area contributed by atoms with Gasteiger partial charge in [0, 0.05) is 0 Å². The first-order chi connectivity index (χ1) is 7.20. The molecule has 0 saturated carbocycles. The quantitative estimate of drug-likeness (QED) is 0.443. The van der Waals surface area contributed by atoms with Gasteiger partial charge in [-0.2, -0.15) is 0 Å². The summed E-state index contributed by atoms with van der Waals surface area (Å²) in [4.78, 5) is 0. The summed E-state index contributed by atoms with van der Waals surface area (Å²) in [5, 5.41) is 0. The summed E-state index contributed by atoms with van der Waals surface area (Å²) >= 11 is 10.4. The van der Waals surface area contributed by atoms with Crippen LogP contribution in [0, 0.1) is 0 Å². The van der Waals surface area contributed by atoms with Crippen molar-refractivity contribution < 1.29 is 26.3 Å². The summed E-state index contributed by atoms with van der Waals surface area (Å²) in [5.41, 5.74) is 0. The Balaban J connectivity index is 5.71. The van der Waals surface area contributed by atoms with Crippen LogP contribution in [0.1, 0.15) is 0 Å². The number of hydrogen-bond donors (Lipinski definition) is 0. The molecule has 92 valence electrons. The number of halogens is 9. The molecule has 0 amide bonds. The second-order valence-electron chi connectivity index (χ2n) is 1.99. The Bertz CT molecular complexity index is 307. The van der Waals surface area contributed by atoms with E-state index < -0.39 is 47.4 Å². The molecule has 0 aromatic carbocycles. The maximum atomic E-state index is 12.1. The van der Waals surface area contributed by atoms with Crippen LogP contribution in [-0.4, -0.2) is 20.2 Å². The van der Waals surface area contributed by atoms with Crippen molar-refractivity contribution in [3.63, 3.8) is 0 Å². The van der Waals surface area contributed by atoms with Gasteiger partial charge in [0.15, 0.2) is 0 Å². The summed E-state index contributed by atoms with van der Waals surface area (Å²) in [6, 6.07) is 0. The molecule has 0 fully saturated rings. The molecule has 0 aromatic heterocycles. The molecule has 10 heteroatoms. The molecule has 16 heavy (non-hydrogen) atoms. The van der Waals surface area contributed by atoms with Gasteiger partial charge in [-0.1, -0.05) is 0 Å². The van der Waals surface area contributed by atoms with Crippen molar-refractivity contribution in [2.24, 2.45) is 0 Å². The molecule has 0 atom stereocenters. The van der Waals surface area contributed by atoms with Crippen LogP contribution in [0.25, 0.3) is 0 Å². The average molecular weight is 414 g/mol. The van der Waals surface area contributed by atoms with Crippen LogP contribution in [0.15, 0.2) is 27.2 Å². The van der Waals surface area contributed by atoms with Crippen molar-refractivity contribution >= 4 is 55.0 Å². The van der Waals surface area contributed by atoms with Gasteiger partial charge in [0.05, 0.1) is 0 Å². The van der Waals surface area contributed by atoms with Gasteiger partial charge in [0.1, 0.15) is 0 Å². The standard InChI is InChI=1S/3C2ClF2.Sb/c3*3-1-2(4)5;. The van der Waals surface area contributed by atoms with E-state index in [0.717, 1.165) is 0 Å². The van der Waals surface area contributed by atoms with Crippen molar-refractivity contribution in [2.75, 3.05) is 0 Å². The number of rotatable bonds is 3. The average Bonchev–Trinajstić information content (AvgIpc) is 2.16. The Labute approximate surface area is 108 Å². The first-order valence-corrected chi connectivity index (χ1v) is 8.08. The molecule has 0 aliphatic heterocycles. The van der Waals surface area contributed by atoms with E-state index in [0.29, 0.717) is 0 Å². The van der Waals surface area contributed by atoms with Crippen LogP contribution in [0.5, 0.6) is 0 Å². The minimum absolute atomic E-state index is 1.40. The SMILES string of the molecule is FC(F)=[C](Cl)[Sb]([C](Cl)=C(F)F)[C](Cl)=C(F)F. The minimum atomic E-state index is -4.50. The molecule has 0 saturated heterocycles. The van der Waals surface area contributed by atoms with E-state index in [1.54, 1.807) is 0 Å². The van der Waals surface area contributed by atoms with E-state index in [1.807, 2.05) is 0 Å². The Morgan fingerprint density at radius 3 is 0.875 bits per heavy atom. The molecule has 0 bridgehead atoms. The van der Waals surface area contributed by atoms with Gasteiger partial charge in [-0.25, -0.2) is 0 Å². The molecular weight excluding hydrogens is 414 g/mol. The van der Waals surface area contributed by atoms with Crippen molar-refractivity contribution in [3.8, 4) is 0 Å². The molecular formula is C6Cl3F6Sb. The molecule has 0 radical (unpaired) electrons. The summed E-state index contributed by atoms with van der Waals surface area (Å²) in [7, 11) is 0. The predicted octanol–water partition coefficient (Wildman–Crippen LogP) is 5.14. The maximum absolute atomic E-state index is 12.1. The first-order valence-electron chi connectivity index (χ1n) is 3.12. The summed E-state index contributed by atoms with van der Waals surface area (Å²) in [6.07, 6.45) is -7.66. The second kappa shape index (κ2) is 7.04. The van der Waals surface area contributed by atoms with E-state index in [1.165, 1.54) is 0 Å². The van der Waals surface area contributed by atoms with Gasteiger partial charge in [-0.3, -0.25) is 0 Å². The molecule has 0 spiro atoms. The zero-order valence-corrected chi connectivity index (χ0v) is 11.7. The van der Waals surface area contributed by atoms with Crippen molar-refractivity contribution in [3.05, 3.63) is 27.2 Å². The van der Waals surface area contributed by atoms with Gasteiger partial charge in [0.25, 0.3) is 0 Å². The van der Waals surface area contributed by atoms with E-state index >= 15 is 0 Å². The summed E-state index contributed by atoms with van der Waals surface area (Å²) < 4.78 is 68.2. The van der Waals surface area contributed by atoms with Crippen LogP contribution in [0.4, 0.5) is 26.3 Å². The Kier molecular flexibility index (Phi) is 7.26. The van der Waals surface area contributed by atoms with Crippen LogP contribution >= 0.6 is 34.8 Å². The molecule has 0 N–H and O–H groups in total. The Morgan fingerprint density at radius 1 is 0.562 bits per heavy atom. The molecule has 0 heterocycles. The van der Waals surface area contributed by atoms with Crippen LogP contribution in [-0.2, 0) is 0 Å². The first kappa shape index (κ1) is 16.5. The third kappa shape index (κ3) is 4.40. The predicted molar refractivity (Wildman–Crippen MR) is 51.0 cm³/mol. The second-order valence-corrected chi connectivity index (χ2v) is 11.2. The van der Waals surface area contributed by atoms with Gasteiger partial charge < -0.3 is 0 Å². The van der Waals surface area contributed by atoms with E-state index in [9.17, 15) is 26.3 Å². The molecule has 0 aromatic rings. The fourth-order valence-corrected chi connectivity index (χ4v) is 7.71. The van der Waals surface area contributed by atoms with E-state index in [2.05, 4.69) is 0 Å². The zero-order chi connectivity index (χ0) is 13.0. The summed E-state index contributed by atoms with van der Waals surface area (Å²) in [5.74, 6) is 0. The van der Waals surface area contributed by atoms with E-state index in [-0.39, 0.29) is 0 Å². The Hall–Kier alpha value is 0.488. The third-order valence-electron chi connectivity index (χ3n) is 1.06.